The zero-order valence-electron chi connectivity index (χ0n) is 11.0. The van der Waals surface area contributed by atoms with Gasteiger partial charge in [0.05, 0.1) is 0 Å². The van der Waals surface area contributed by atoms with Crippen molar-refractivity contribution in [1.29, 1.82) is 0 Å². The van der Waals surface area contributed by atoms with E-state index in [0.29, 0.717) is 16.0 Å². The molecule has 0 N–H and O–H groups in total. The van der Waals surface area contributed by atoms with Crippen LogP contribution in [0.15, 0.2) is 0 Å². The van der Waals surface area contributed by atoms with Crippen LogP contribution < -0.4 is 0 Å². The summed E-state index contributed by atoms with van der Waals surface area (Å²) in [4.78, 5) is 0. The summed E-state index contributed by atoms with van der Waals surface area (Å²) in [5, 5.41) is 0.538. The van der Waals surface area contributed by atoms with Crippen LogP contribution in [-0.2, 0) is 0 Å². The highest BCUT2D eigenvalue weighted by Crippen LogP contribution is 2.63. The van der Waals surface area contributed by atoms with Gasteiger partial charge in [0.1, 0.15) is 15.1 Å². The van der Waals surface area contributed by atoms with E-state index in [4.69, 9.17) is 0 Å². The first kappa shape index (κ1) is 12.2. The third-order valence-electron chi connectivity index (χ3n) is 5.19. The summed E-state index contributed by atoms with van der Waals surface area (Å²) < 4.78 is 0. The van der Waals surface area contributed by atoms with E-state index in [9.17, 15) is 0 Å². The molecule has 0 aromatic carbocycles. The molecule has 1 aliphatic rings. The van der Waals surface area contributed by atoms with Crippen molar-refractivity contribution >= 4 is 15.1 Å². The van der Waals surface area contributed by atoms with Crippen molar-refractivity contribution in [2.75, 3.05) is 0 Å². The van der Waals surface area contributed by atoms with Gasteiger partial charge < -0.3 is 0 Å². The Balaban J connectivity index is 2.97. The molecule has 0 spiro atoms. The van der Waals surface area contributed by atoms with E-state index >= 15 is 0 Å². The molecule has 1 rings (SSSR count). The minimum absolute atomic E-state index is 0.452. The molecule has 14 heavy (non-hydrogen) atoms. The lowest BCUT2D eigenvalue weighted by Gasteiger charge is -2.51. The highest BCUT2D eigenvalue weighted by molar-refractivity contribution is 6.55. The normalized spacial score (nSPS) is 38.4. The van der Waals surface area contributed by atoms with Gasteiger partial charge in [-0.05, 0) is 17.3 Å². The molecule has 1 heterocycles. The van der Waals surface area contributed by atoms with Crippen molar-refractivity contribution < 1.29 is 0 Å². The van der Waals surface area contributed by atoms with Gasteiger partial charge in [0.15, 0.2) is 0 Å². The summed E-state index contributed by atoms with van der Waals surface area (Å²) in [6.45, 7) is 12.1. The Morgan fingerprint density at radius 2 is 1.93 bits per heavy atom. The average Bonchev–Trinajstić information content (AvgIpc) is 2.29. The van der Waals surface area contributed by atoms with Gasteiger partial charge in [0.2, 0.25) is 0 Å². The molecule has 0 radical (unpaired) electrons. The highest BCUT2D eigenvalue weighted by Gasteiger charge is 2.53. The summed E-state index contributed by atoms with van der Waals surface area (Å²) in [7, 11) is 3.95. The molecule has 2 unspecified atom stereocenters. The number of hydrogen-bond donors (Lipinski definition) is 0. The fourth-order valence-corrected chi connectivity index (χ4v) is 3.64. The summed E-state index contributed by atoms with van der Waals surface area (Å²) in [6.07, 6.45) is 5.61. The smallest absolute Gasteiger partial charge is 0.0771 e. The van der Waals surface area contributed by atoms with Crippen molar-refractivity contribution in [2.24, 2.45) is 10.8 Å². The summed E-state index contributed by atoms with van der Waals surface area (Å²) in [5.74, 6) is 0. The van der Waals surface area contributed by atoms with Gasteiger partial charge in [-0.25, -0.2) is 0 Å². The van der Waals surface area contributed by atoms with Crippen molar-refractivity contribution in [3.63, 3.8) is 0 Å². The zero-order chi connectivity index (χ0) is 11.0. The van der Waals surface area contributed by atoms with Crippen LogP contribution >= 0.6 is 0 Å². The van der Waals surface area contributed by atoms with Gasteiger partial charge >= 0.3 is 0 Å². The van der Waals surface area contributed by atoms with Gasteiger partial charge in [0.25, 0.3) is 0 Å². The van der Waals surface area contributed by atoms with Gasteiger partial charge in [-0.15, -0.1) is 0 Å². The fraction of sp³-hybridized carbons (Fsp3) is 1.00. The molecular formula is C12H26B2. The lowest BCUT2D eigenvalue weighted by Crippen LogP contribution is -2.42. The molecular weight excluding hydrogens is 166 g/mol. The Bertz CT molecular complexity index is 207. The van der Waals surface area contributed by atoms with Crippen LogP contribution in [-0.4, -0.2) is 15.1 Å². The largest absolute Gasteiger partial charge is 0.120 e. The SMILES string of the molecule is BC1(C(C)(C)C)BCCC1(C)CCC. The predicted octanol–water partition coefficient (Wildman–Crippen LogP) is 2.85. The molecule has 0 aliphatic carbocycles. The van der Waals surface area contributed by atoms with Crippen molar-refractivity contribution in [3.05, 3.63) is 0 Å². The van der Waals surface area contributed by atoms with Crippen LogP contribution in [0.1, 0.15) is 53.9 Å². The van der Waals surface area contributed by atoms with Gasteiger partial charge in [0, 0.05) is 0 Å². The highest BCUT2D eigenvalue weighted by atomic mass is 14.5. The monoisotopic (exact) mass is 192 g/mol. The molecule has 2 heteroatoms. The molecule has 0 saturated carbocycles. The Hall–Kier alpha value is 0.130. The van der Waals surface area contributed by atoms with E-state index in [0.717, 1.165) is 0 Å². The Kier molecular flexibility index (Phi) is 3.15. The Morgan fingerprint density at radius 3 is 2.36 bits per heavy atom. The lowest BCUT2D eigenvalue weighted by molar-refractivity contribution is 0.155. The van der Waals surface area contributed by atoms with Crippen LogP contribution in [0.5, 0.6) is 0 Å². The molecule has 0 aromatic heterocycles. The van der Waals surface area contributed by atoms with Crippen molar-refractivity contribution in [2.45, 2.75) is 65.4 Å². The molecule has 0 bridgehead atoms. The minimum atomic E-state index is 0.452. The molecule has 0 amide bonds. The first-order valence-electron chi connectivity index (χ1n) is 6.27. The second kappa shape index (κ2) is 3.61. The maximum absolute atomic E-state index is 2.52. The van der Waals surface area contributed by atoms with E-state index in [-0.39, 0.29) is 0 Å². The third-order valence-corrected chi connectivity index (χ3v) is 5.19. The molecule has 1 saturated heterocycles. The van der Waals surface area contributed by atoms with E-state index < -0.39 is 0 Å². The topological polar surface area (TPSA) is 0 Å². The number of hydrogen-bond acceptors (Lipinski definition) is 0. The summed E-state index contributed by atoms with van der Waals surface area (Å²) in [5.41, 5.74) is 1.04. The van der Waals surface area contributed by atoms with Crippen LogP contribution in [0, 0.1) is 10.8 Å². The second-order valence-electron chi connectivity index (χ2n) is 6.75. The summed E-state index contributed by atoms with van der Waals surface area (Å²) >= 11 is 0. The quantitative estimate of drug-likeness (QED) is 0.590. The van der Waals surface area contributed by atoms with Crippen LogP contribution in [0.3, 0.4) is 0 Å². The maximum Gasteiger partial charge on any atom is 0.120 e. The molecule has 80 valence electrons. The predicted molar refractivity (Wildman–Crippen MR) is 70.3 cm³/mol. The average molecular weight is 192 g/mol. The Morgan fingerprint density at radius 1 is 1.36 bits per heavy atom. The van der Waals surface area contributed by atoms with E-state index in [2.05, 4.69) is 42.5 Å². The standard InChI is InChI=1S/C12H26B2/c1-6-7-11(5)8-9-14-12(11,13)10(2,3)4/h14H,6-9,13H2,1-5H3. The van der Waals surface area contributed by atoms with Crippen molar-refractivity contribution in [1.82, 2.24) is 0 Å². The first-order valence-corrected chi connectivity index (χ1v) is 6.27. The second-order valence-corrected chi connectivity index (χ2v) is 6.75. The molecule has 1 fully saturated rings. The first-order chi connectivity index (χ1) is 6.27. The lowest BCUT2D eigenvalue weighted by atomic mass is 9.30. The van der Waals surface area contributed by atoms with Crippen molar-refractivity contribution in [3.8, 4) is 0 Å². The molecule has 2 atom stereocenters. The van der Waals surface area contributed by atoms with Crippen LogP contribution in [0.2, 0.25) is 11.5 Å². The fourth-order valence-electron chi connectivity index (χ4n) is 3.64. The molecule has 0 aromatic rings. The zero-order valence-corrected chi connectivity index (χ0v) is 11.0. The van der Waals surface area contributed by atoms with E-state index in [1.807, 2.05) is 0 Å². The van der Waals surface area contributed by atoms with Gasteiger partial charge in [-0.3, -0.25) is 0 Å². The number of rotatable bonds is 2. The molecule has 0 nitrogen and oxygen atoms in total. The van der Waals surface area contributed by atoms with E-state index in [1.54, 1.807) is 0 Å². The summed E-state index contributed by atoms with van der Waals surface area (Å²) in [6, 6.07) is 0. The van der Waals surface area contributed by atoms with Crippen LogP contribution in [0.25, 0.3) is 0 Å². The molecule has 1 aliphatic heterocycles. The third kappa shape index (κ3) is 1.66. The van der Waals surface area contributed by atoms with E-state index in [1.165, 1.54) is 32.9 Å². The minimum Gasteiger partial charge on any atom is -0.0771 e. The Labute approximate surface area is 91.9 Å². The van der Waals surface area contributed by atoms with Gasteiger partial charge in [-0.2, -0.15) is 0 Å². The maximum atomic E-state index is 2.52. The van der Waals surface area contributed by atoms with Gasteiger partial charge in [-0.1, -0.05) is 59.0 Å². The van der Waals surface area contributed by atoms with Crippen LogP contribution in [0.4, 0.5) is 0 Å².